The SMILES string of the molecule is CNC(=O)[C@@H](C)N(Cc1cccc(Cl)c1)C(=O)CN(c1ccccc1)S(=O)(=O)c1ccc(OC)c(OC)c1. The van der Waals surface area contributed by atoms with Crippen LogP contribution in [0.5, 0.6) is 11.5 Å². The van der Waals surface area contributed by atoms with Crippen molar-refractivity contribution in [2.24, 2.45) is 0 Å². The quantitative estimate of drug-likeness (QED) is 0.384. The molecule has 1 N–H and O–H groups in total. The number of nitrogens with zero attached hydrogens (tertiary/aromatic N) is 2. The summed E-state index contributed by atoms with van der Waals surface area (Å²) in [5.41, 5.74) is 0.974. The van der Waals surface area contributed by atoms with Gasteiger partial charge in [0.05, 0.1) is 24.8 Å². The highest BCUT2D eigenvalue weighted by Gasteiger charge is 2.32. The fourth-order valence-corrected chi connectivity index (χ4v) is 5.49. The van der Waals surface area contributed by atoms with Crippen molar-refractivity contribution in [1.29, 1.82) is 0 Å². The van der Waals surface area contributed by atoms with Crippen molar-refractivity contribution in [2.45, 2.75) is 24.4 Å². The van der Waals surface area contributed by atoms with E-state index < -0.39 is 34.4 Å². The third kappa shape index (κ3) is 6.56. The van der Waals surface area contributed by atoms with Crippen LogP contribution >= 0.6 is 11.6 Å². The summed E-state index contributed by atoms with van der Waals surface area (Å²) in [4.78, 5) is 27.5. The maximum atomic E-state index is 13.9. The maximum absolute atomic E-state index is 13.9. The number of carbonyl (C=O) groups is 2. The van der Waals surface area contributed by atoms with Crippen molar-refractivity contribution >= 4 is 39.1 Å². The Hall–Kier alpha value is -3.76. The summed E-state index contributed by atoms with van der Waals surface area (Å²) in [7, 11) is 0.0791. The number of hydrogen-bond donors (Lipinski definition) is 1. The molecule has 0 bridgehead atoms. The summed E-state index contributed by atoms with van der Waals surface area (Å²) < 4.78 is 39.3. The maximum Gasteiger partial charge on any atom is 0.264 e. The molecule has 0 spiro atoms. The standard InChI is InChI=1S/C27H30ClN3O6S/c1-19(27(33)29-2)30(17-20-9-8-10-21(28)15-20)26(32)18-31(22-11-6-5-7-12-22)38(34,35)23-13-14-24(36-3)25(16-23)37-4/h5-16,19H,17-18H2,1-4H3,(H,29,33)/t19-/m1/s1. The summed E-state index contributed by atoms with van der Waals surface area (Å²) >= 11 is 6.13. The molecule has 3 aromatic rings. The number of halogens is 1. The van der Waals surface area contributed by atoms with Crippen LogP contribution < -0.4 is 19.1 Å². The molecule has 202 valence electrons. The molecule has 9 nitrogen and oxygen atoms in total. The lowest BCUT2D eigenvalue weighted by Gasteiger charge is -2.31. The van der Waals surface area contributed by atoms with E-state index in [0.717, 1.165) is 4.31 Å². The Kier molecular flexibility index (Phi) is 9.60. The number of carbonyl (C=O) groups excluding carboxylic acids is 2. The van der Waals surface area contributed by atoms with Gasteiger partial charge in [-0.15, -0.1) is 0 Å². The molecule has 1 atom stereocenters. The van der Waals surface area contributed by atoms with Gasteiger partial charge in [0.15, 0.2) is 11.5 Å². The predicted molar refractivity (Wildman–Crippen MR) is 146 cm³/mol. The van der Waals surface area contributed by atoms with Crippen LogP contribution in [0.25, 0.3) is 0 Å². The van der Waals surface area contributed by atoms with E-state index in [1.807, 2.05) is 0 Å². The zero-order chi connectivity index (χ0) is 27.9. The van der Waals surface area contributed by atoms with E-state index in [0.29, 0.717) is 16.3 Å². The van der Waals surface area contributed by atoms with Gasteiger partial charge < -0.3 is 19.7 Å². The van der Waals surface area contributed by atoms with Crippen molar-refractivity contribution in [3.63, 3.8) is 0 Å². The Balaban J connectivity index is 2.04. The largest absolute Gasteiger partial charge is 0.493 e. The lowest BCUT2D eigenvalue weighted by Crippen LogP contribution is -2.50. The van der Waals surface area contributed by atoms with Crippen LogP contribution in [0.1, 0.15) is 12.5 Å². The first kappa shape index (κ1) is 28.8. The van der Waals surface area contributed by atoms with E-state index in [9.17, 15) is 18.0 Å². The third-order valence-electron chi connectivity index (χ3n) is 5.92. The van der Waals surface area contributed by atoms with Crippen molar-refractivity contribution in [2.75, 3.05) is 32.1 Å². The summed E-state index contributed by atoms with van der Waals surface area (Å²) in [6.07, 6.45) is 0. The number of likely N-dealkylation sites (N-methyl/N-ethyl adjacent to an activating group) is 1. The third-order valence-corrected chi connectivity index (χ3v) is 7.93. The lowest BCUT2D eigenvalue weighted by atomic mass is 10.1. The molecule has 0 aliphatic heterocycles. The second-order valence-electron chi connectivity index (χ2n) is 8.31. The van der Waals surface area contributed by atoms with Crippen molar-refractivity contribution < 1.29 is 27.5 Å². The van der Waals surface area contributed by atoms with Gasteiger partial charge in [-0.3, -0.25) is 13.9 Å². The number of anilines is 1. The Labute approximate surface area is 228 Å². The normalized spacial score (nSPS) is 11.8. The van der Waals surface area contributed by atoms with Gasteiger partial charge >= 0.3 is 0 Å². The topological polar surface area (TPSA) is 105 Å². The first-order valence-electron chi connectivity index (χ1n) is 11.7. The van der Waals surface area contributed by atoms with Crippen molar-refractivity contribution in [1.82, 2.24) is 10.2 Å². The molecule has 3 aromatic carbocycles. The number of hydrogen-bond acceptors (Lipinski definition) is 6. The average molecular weight is 560 g/mol. The molecule has 38 heavy (non-hydrogen) atoms. The molecule has 11 heteroatoms. The Morgan fingerprint density at radius 2 is 1.63 bits per heavy atom. The van der Waals surface area contributed by atoms with Crippen LogP contribution in [0, 0.1) is 0 Å². The van der Waals surface area contributed by atoms with E-state index >= 15 is 0 Å². The number of ether oxygens (including phenoxy) is 2. The number of sulfonamides is 1. The fourth-order valence-electron chi connectivity index (χ4n) is 3.85. The molecule has 0 aromatic heterocycles. The summed E-state index contributed by atoms with van der Waals surface area (Å²) in [5.74, 6) is -0.381. The minimum Gasteiger partial charge on any atom is -0.493 e. The molecular formula is C27H30ClN3O6S. The highest BCUT2D eigenvalue weighted by Crippen LogP contribution is 2.32. The van der Waals surface area contributed by atoms with Crippen LogP contribution in [0.15, 0.2) is 77.7 Å². The Morgan fingerprint density at radius 3 is 2.24 bits per heavy atom. The molecule has 0 saturated carbocycles. The van der Waals surface area contributed by atoms with Crippen LogP contribution in [-0.2, 0) is 26.2 Å². The highest BCUT2D eigenvalue weighted by molar-refractivity contribution is 7.92. The van der Waals surface area contributed by atoms with E-state index in [1.54, 1.807) is 61.5 Å². The second kappa shape index (κ2) is 12.7. The zero-order valence-corrected chi connectivity index (χ0v) is 23.1. The fraction of sp³-hybridized carbons (Fsp3) is 0.259. The van der Waals surface area contributed by atoms with E-state index in [1.165, 1.54) is 44.4 Å². The number of methoxy groups -OCH3 is 2. The smallest absolute Gasteiger partial charge is 0.264 e. The summed E-state index contributed by atoms with van der Waals surface area (Å²) in [6.45, 7) is 1.08. The van der Waals surface area contributed by atoms with Crippen LogP contribution in [0.2, 0.25) is 5.02 Å². The summed E-state index contributed by atoms with van der Waals surface area (Å²) in [6, 6.07) is 18.5. The molecular weight excluding hydrogens is 530 g/mol. The van der Waals surface area contributed by atoms with Crippen LogP contribution in [-0.4, -0.2) is 59.0 Å². The van der Waals surface area contributed by atoms with Gasteiger partial charge in [0.25, 0.3) is 10.0 Å². The minimum atomic E-state index is -4.24. The van der Waals surface area contributed by atoms with Gasteiger partial charge in [0, 0.05) is 24.7 Å². The molecule has 0 saturated heterocycles. The number of amides is 2. The van der Waals surface area contributed by atoms with Crippen LogP contribution in [0.4, 0.5) is 5.69 Å². The molecule has 0 heterocycles. The van der Waals surface area contributed by atoms with Gasteiger partial charge in [0.2, 0.25) is 11.8 Å². The second-order valence-corrected chi connectivity index (χ2v) is 10.6. The Morgan fingerprint density at radius 1 is 0.947 bits per heavy atom. The monoisotopic (exact) mass is 559 g/mol. The molecule has 0 radical (unpaired) electrons. The first-order valence-corrected chi connectivity index (χ1v) is 13.5. The van der Waals surface area contributed by atoms with E-state index in [2.05, 4.69) is 5.32 Å². The lowest BCUT2D eigenvalue weighted by molar-refractivity contribution is -0.139. The summed E-state index contributed by atoms with van der Waals surface area (Å²) in [5, 5.41) is 3.02. The first-order chi connectivity index (χ1) is 18.1. The molecule has 3 rings (SSSR count). The molecule has 0 unspecified atom stereocenters. The number of para-hydroxylation sites is 1. The predicted octanol–water partition coefficient (Wildman–Crippen LogP) is 3.72. The number of nitrogens with one attached hydrogen (secondary N) is 1. The van der Waals surface area contributed by atoms with E-state index in [4.69, 9.17) is 21.1 Å². The van der Waals surface area contributed by atoms with Crippen molar-refractivity contribution in [3.05, 3.63) is 83.4 Å². The molecule has 0 aliphatic carbocycles. The van der Waals surface area contributed by atoms with E-state index in [-0.39, 0.29) is 22.9 Å². The number of rotatable bonds is 11. The average Bonchev–Trinajstić information content (AvgIpc) is 2.93. The van der Waals surface area contributed by atoms with Crippen molar-refractivity contribution in [3.8, 4) is 11.5 Å². The molecule has 0 fully saturated rings. The highest BCUT2D eigenvalue weighted by atomic mass is 35.5. The molecule has 2 amide bonds. The Bertz CT molecular complexity index is 1380. The van der Waals surface area contributed by atoms with Gasteiger partial charge in [-0.2, -0.15) is 0 Å². The van der Waals surface area contributed by atoms with Gasteiger partial charge in [0.1, 0.15) is 12.6 Å². The van der Waals surface area contributed by atoms with Crippen LogP contribution in [0.3, 0.4) is 0 Å². The van der Waals surface area contributed by atoms with Gasteiger partial charge in [-0.25, -0.2) is 8.42 Å². The van der Waals surface area contributed by atoms with Gasteiger partial charge in [-0.05, 0) is 48.9 Å². The van der Waals surface area contributed by atoms with Gasteiger partial charge in [-0.1, -0.05) is 41.9 Å². The number of benzene rings is 3. The zero-order valence-electron chi connectivity index (χ0n) is 21.5. The molecule has 0 aliphatic rings. The minimum absolute atomic E-state index is 0.0486.